The Balaban J connectivity index is 1.95. The maximum atomic E-state index is 13.6. The third-order valence-electron chi connectivity index (χ3n) is 5.77. The number of hydrogen-bond donors (Lipinski definition) is 0. The first-order valence-corrected chi connectivity index (χ1v) is 12.6. The monoisotopic (exact) mass is 581 g/mol. The van der Waals surface area contributed by atoms with Gasteiger partial charge in [-0.2, -0.15) is 9.78 Å². The van der Waals surface area contributed by atoms with E-state index in [0.29, 0.717) is 23.3 Å². The zero-order valence-electron chi connectivity index (χ0n) is 20.5. The van der Waals surface area contributed by atoms with E-state index in [4.69, 9.17) is 14.5 Å². The van der Waals surface area contributed by atoms with Crippen LogP contribution >= 0.6 is 22.6 Å². The molecule has 3 aromatic carbocycles. The van der Waals surface area contributed by atoms with Gasteiger partial charge in [0, 0.05) is 5.56 Å². The smallest absolute Gasteiger partial charge is 0.282 e. The maximum absolute atomic E-state index is 13.6. The van der Waals surface area contributed by atoms with Crippen LogP contribution in [0.25, 0.3) is 22.3 Å². The van der Waals surface area contributed by atoms with Crippen molar-refractivity contribution in [2.45, 2.75) is 33.6 Å². The highest BCUT2D eigenvalue weighted by molar-refractivity contribution is 14.1. The summed E-state index contributed by atoms with van der Waals surface area (Å²) in [6, 6.07) is 17.2. The Morgan fingerprint density at radius 1 is 1.11 bits per heavy atom. The van der Waals surface area contributed by atoms with Crippen molar-refractivity contribution in [1.29, 1.82) is 0 Å². The van der Waals surface area contributed by atoms with E-state index in [2.05, 4.69) is 47.6 Å². The molecule has 1 aromatic heterocycles. The predicted octanol–water partition coefficient (Wildman–Crippen LogP) is 6.39. The number of methoxy groups -OCH3 is 1. The first kappa shape index (κ1) is 24.9. The number of ether oxygens (including phenoxy) is 2. The number of benzene rings is 3. The summed E-state index contributed by atoms with van der Waals surface area (Å²) in [5, 5.41) is 5.13. The first-order chi connectivity index (χ1) is 16.8. The van der Waals surface area contributed by atoms with E-state index in [1.54, 1.807) is 19.4 Å². The third-order valence-corrected chi connectivity index (χ3v) is 6.61. The SMILES string of the molecule is CCOc1cc(C)c(-c2nc3ccccc3c(=O)n2N=Cc2ccc(OC)c(I)c2)cc1C(C)C. The molecule has 0 fully saturated rings. The van der Waals surface area contributed by atoms with E-state index in [1.165, 1.54) is 4.68 Å². The summed E-state index contributed by atoms with van der Waals surface area (Å²) >= 11 is 2.22. The normalized spacial score (nSPS) is 11.5. The highest BCUT2D eigenvalue weighted by Gasteiger charge is 2.18. The van der Waals surface area contributed by atoms with Crippen molar-refractivity contribution in [2.75, 3.05) is 13.7 Å². The van der Waals surface area contributed by atoms with Crippen LogP contribution in [0.15, 0.2) is 64.5 Å². The Labute approximate surface area is 218 Å². The van der Waals surface area contributed by atoms with Crippen molar-refractivity contribution in [3.05, 3.63) is 85.2 Å². The lowest BCUT2D eigenvalue weighted by Gasteiger charge is -2.18. The quantitative estimate of drug-likeness (QED) is 0.188. The van der Waals surface area contributed by atoms with Gasteiger partial charge in [-0.15, -0.1) is 0 Å². The number of aryl methyl sites for hydroxylation is 1. The molecule has 1 heterocycles. The van der Waals surface area contributed by atoms with Gasteiger partial charge >= 0.3 is 0 Å². The van der Waals surface area contributed by atoms with Crippen molar-refractivity contribution in [2.24, 2.45) is 5.10 Å². The second-order valence-electron chi connectivity index (χ2n) is 8.50. The van der Waals surface area contributed by atoms with Crippen LogP contribution in [0.1, 0.15) is 43.4 Å². The lowest BCUT2D eigenvalue weighted by molar-refractivity contribution is 0.335. The summed E-state index contributed by atoms with van der Waals surface area (Å²) in [5.74, 6) is 2.38. The van der Waals surface area contributed by atoms with E-state index in [-0.39, 0.29) is 11.5 Å². The van der Waals surface area contributed by atoms with Gasteiger partial charge in [-0.1, -0.05) is 26.0 Å². The molecule has 0 aliphatic heterocycles. The fraction of sp³-hybridized carbons (Fsp3) is 0.250. The molecule has 0 bridgehead atoms. The number of fused-ring (bicyclic) bond motifs is 1. The summed E-state index contributed by atoms with van der Waals surface area (Å²) in [5.41, 5.74) is 4.15. The molecule has 0 radical (unpaired) electrons. The van der Waals surface area contributed by atoms with Crippen LogP contribution in [0.4, 0.5) is 0 Å². The summed E-state index contributed by atoms with van der Waals surface area (Å²) in [6.07, 6.45) is 1.68. The van der Waals surface area contributed by atoms with Crippen LogP contribution in [0.2, 0.25) is 0 Å². The molecule has 0 saturated carbocycles. The Morgan fingerprint density at radius 2 is 1.89 bits per heavy atom. The summed E-state index contributed by atoms with van der Waals surface area (Å²) < 4.78 is 13.6. The maximum Gasteiger partial charge on any atom is 0.282 e. The van der Waals surface area contributed by atoms with Gasteiger partial charge in [-0.05, 0) is 102 Å². The minimum absolute atomic E-state index is 0.218. The van der Waals surface area contributed by atoms with Gasteiger partial charge in [-0.3, -0.25) is 4.79 Å². The molecule has 35 heavy (non-hydrogen) atoms. The molecule has 4 aromatic rings. The minimum atomic E-state index is -0.218. The molecule has 0 aliphatic carbocycles. The molecule has 7 heteroatoms. The second-order valence-corrected chi connectivity index (χ2v) is 9.66. The van der Waals surface area contributed by atoms with Crippen LogP contribution in [0, 0.1) is 10.5 Å². The molecule has 0 amide bonds. The number of halogens is 1. The molecule has 4 rings (SSSR count). The van der Waals surface area contributed by atoms with Gasteiger partial charge in [0.2, 0.25) is 0 Å². The van der Waals surface area contributed by atoms with Gasteiger partial charge in [0.25, 0.3) is 5.56 Å². The standard InChI is InChI=1S/C28H28IN3O3/c1-6-35-26-13-18(4)22(15-21(26)17(2)3)27-31-24-10-8-7-9-20(24)28(33)32(27)30-16-19-11-12-25(34-5)23(29)14-19/h7-17H,6H2,1-5H3. The Morgan fingerprint density at radius 3 is 2.57 bits per heavy atom. The fourth-order valence-electron chi connectivity index (χ4n) is 3.96. The Kier molecular flexibility index (Phi) is 7.54. The number of nitrogens with zero attached hydrogens (tertiary/aromatic N) is 3. The van der Waals surface area contributed by atoms with Crippen molar-refractivity contribution in [1.82, 2.24) is 9.66 Å². The molecule has 0 unspecified atom stereocenters. The largest absolute Gasteiger partial charge is 0.496 e. The highest BCUT2D eigenvalue weighted by atomic mass is 127. The van der Waals surface area contributed by atoms with E-state index >= 15 is 0 Å². The summed E-state index contributed by atoms with van der Waals surface area (Å²) in [7, 11) is 1.64. The topological polar surface area (TPSA) is 65.7 Å². The molecular weight excluding hydrogens is 553 g/mol. The Hall–Kier alpha value is -3.20. The van der Waals surface area contributed by atoms with E-state index < -0.39 is 0 Å². The van der Waals surface area contributed by atoms with Gasteiger partial charge < -0.3 is 9.47 Å². The average molecular weight is 581 g/mol. The predicted molar refractivity (Wildman–Crippen MR) is 150 cm³/mol. The molecule has 0 spiro atoms. The van der Waals surface area contributed by atoms with E-state index in [1.807, 2.05) is 56.3 Å². The van der Waals surface area contributed by atoms with E-state index in [9.17, 15) is 4.79 Å². The summed E-state index contributed by atoms with van der Waals surface area (Å²) in [6.45, 7) is 8.82. The van der Waals surface area contributed by atoms with E-state index in [0.717, 1.165) is 37.3 Å². The van der Waals surface area contributed by atoms with Crippen LogP contribution in [0.5, 0.6) is 11.5 Å². The van der Waals surface area contributed by atoms with Crippen molar-refractivity contribution in [3.8, 4) is 22.9 Å². The lowest BCUT2D eigenvalue weighted by Crippen LogP contribution is -2.21. The number of hydrogen-bond acceptors (Lipinski definition) is 5. The molecular formula is C28H28IN3O3. The first-order valence-electron chi connectivity index (χ1n) is 11.5. The number of para-hydroxylation sites is 1. The fourth-order valence-corrected chi connectivity index (χ4v) is 4.72. The molecule has 180 valence electrons. The molecule has 0 atom stereocenters. The average Bonchev–Trinajstić information content (AvgIpc) is 2.83. The number of rotatable bonds is 7. The second kappa shape index (κ2) is 10.6. The van der Waals surface area contributed by atoms with Crippen LogP contribution in [0.3, 0.4) is 0 Å². The van der Waals surface area contributed by atoms with Crippen LogP contribution < -0.4 is 15.0 Å². The van der Waals surface area contributed by atoms with Gasteiger partial charge in [0.1, 0.15) is 11.5 Å². The van der Waals surface area contributed by atoms with Crippen LogP contribution in [-0.2, 0) is 0 Å². The highest BCUT2D eigenvalue weighted by Crippen LogP contribution is 2.34. The zero-order chi connectivity index (χ0) is 25.1. The molecule has 6 nitrogen and oxygen atoms in total. The van der Waals surface area contributed by atoms with Crippen molar-refractivity contribution in [3.63, 3.8) is 0 Å². The third kappa shape index (κ3) is 5.10. The number of aromatic nitrogens is 2. The molecule has 0 aliphatic rings. The van der Waals surface area contributed by atoms with Crippen molar-refractivity contribution >= 4 is 39.7 Å². The summed E-state index contributed by atoms with van der Waals surface area (Å²) in [4.78, 5) is 18.5. The molecule has 0 saturated heterocycles. The van der Waals surface area contributed by atoms with Gasteiger partial charge in [0.05, 0.1) is 34.4 Å². The minimum Gasteiger partial charge on any atom is -0.496 e. The zero-order valence-corrected chi connectivity index (χ0v) is 22.7. The molecule has 0 N–H and O–H groups in total. The Bertz CT molecular complexity index is 1470. The lowest BCUT2D eigenvalue weighted by atomic mass is 9.96. The van der Waals surface area contributed by atoms with Crippen LogP contribution in [-0.4, -0.2) is 29.6 Å². The van der Waals surface area contributed by atoms with Gasteiger partial charge in [-0.25, -0.2) is 4.98 Å². The van der Waals surface area contributed by atoms with Crippen molar-refractivity contribution < 1.29 is 9.47 Å². The van der Waals surface area contributed by atoms with Gasteiger partial charge in [0.15, 0.2) is 5.82 Å².